The van der Waals surface area contributed by atoms with Crippen LogP contribution in [0.5, 0.6) is 0 Å². The van der Waals surface area contributed by atoms with Crippen LogP contribution in [0.15, 0.2) is 48.5 Å². The predicted molar refractivity (Wildman–Crippen MR) is 136 cm³/mol. The van der Waals surface area contributed by atoms with Crippen molar-refractivity contribution < 1.29 is 18.4 Å². The lowest BCUT2D eigenvalue weighted by Crippen LogP contribution is -2.19. The molecule has 0 unspecified atom stereocenters. The van der Waals surface area contributed by atoms with Gasteiger partial charge in [-0.25, -0.2) is 8.78 Å². The van der Waals surface area contributed by atoms with E-state index in [9.17, 15) is 18.4 Å². The molecule has 3 aromatic rings. The molecule has 0 radical (unpaired) electrons. The summed E-state index contributed by atoms with van der Waals surface area (Å²) in [6.45, 7) is 0. The molecule has 182 valence electrons. The molecule has 3 aromatic carbocycles. The summed E-state index contributed by atoms with van der Waals surface area (Å²) in [6, 6.07) is 10.3. The summed E-state index contributed by atoms with van der Waals surface area (Å²) in [6.07, 6.45) is 0. The quantitative estimate of drug-likeness (QED) is 0.219. The first-order valence-electron chi connectivity index (χ1n) is 9.88. The van der Waals surface area contributed by atoms with Gasteiger partial charge in [-0.1, -0.05) is 34.8 Å². The summed E-state index contributed by atoms with van der Waals surface area (Å²) >= 11 is 31.0. The fraction of sp³-hybridized carbons (Fsp3) is 0.130. The minimum Gasteiger partial charge on any atom is -0.397 e. The zero-order valence-corrected chi connectivity index (χ0v) is 21.1. The van der Waals surface area contributed by atoms with Crippen LogP contribution in [0.2, 0.25) is 15.1 Å². The van der Waals surface area contributed by atoms with Crippen molar-refractivity contribution in [2.75, 3.05) is 16.4 Å². The lowest BCUT2D eigenvalue weighted by Gasteiger charge is -2.12. The average molecular weight is 580 g/mol. The van der Waals surface area contributed by atoms with Crippen molar-refractivity contribution in [2.24, 2.45) is 5.92 Å². The van der Waals surface area contributed by atoms with Gasteiger partial charge < -0.3 is 16.4 Å². The molecule has 35 heavy (non-hydrogen) atoms. The molecular formula is C23H14Cl5F2N3O2. The first-order chi connectivity index (χ1) is 16.4. The minimum absolute atomic E-state index is 0.0171. The summed E-state index contributed by atoms with van der Waals surface area (Å²) in [7, 11) is 0. The number of nitrogens with one attached hydrogen (secondary N) is 2. The molecule has 0 saturated heterocycles. The van der Waals surface area contributed by atoms with Crippen molar-refractivity contribution in [3.8, 4) is 0 Å². The van der Waals surface area contributed by atoms with Crippen LogP contribution in [-0.4, -0.2) is 16.1 Å². The Bertz CT molecular complexity index is 1330. The van der Waals surface area contributed by atoms with Crippen molar-refractivity contribution in [2.45, 2.75) is 10.3 Å². The van der Waals surface area contributed by atoms with Crippen LogP contribution in [0.25, 0.3) is 0 Å². The summed E-state index contributed by atoms with van der Waals surface area (Å²) < 4.78 is 25.9. The van der Waals surface area contributed by atoms with Gasteiger partial charge in [-0.2, -0.15) is 0 Å². The summed E-state index contributed by atoms with van der Waals surface area (Å²) in [5.41, 5.74) is 5.60. The summed E-state index contributed by atoms with van der Waals surface area (Å²) in [4.78, 5) is 25.7. The van der Waals surface area contributed by atoms with Crippen LogP contribution in [0, 0.1) is 17.6 Å². The average Bonchev–Trinajstić information content (AvgIpc) is 3.33. The predicted octanol–water partition coefficient (Wildman–Crippen LogP) is 7.29. The van der Waals surface area contributed by atoms with Crippen LogP contribution in [-0.2, 0) is 4.79 Å². The number of benzene rings is 3. The number of nitrogens with two attached hydrogens (primary N) is 1. The first kappa shape index (κ1) is 25.8. The maximum Gasteiger partial charge on any atom is 0.257 e. The van der Waals surface area contributed by atoms with E-state index in [2.05, 4.69) is 10.6 Å². The highest BCUT2D eigenvalue weighted by Gasteiger charge is 2.67. The highest BCUT2D eigenvalue weighted by Crippen LogP contribution is 2.65. The number of anilines is 3. The van der Waals surface area contributed by atoms with Crippen LogP contribution in [0.1, 0.15) is 21.8 Å². The van der Waals surface area contributed by atoms with Gasteiger partial charge in [0, 0.05) is 27.7 Å². The molecule has 1 aliphatic rings. The van der Waals surface area contributed by atoms with Gasteiger partial charge in [-0.3, -0.25) is 9.59 Å². The molecule has 0 bridgehead atoms. The number of amides is 2. The topological polar surface area (TPSA) is 84.2 Å². The Balaban J connectivity index is 1.53. The van der Waals surface area contributed by atoms with E-state index in [1.54, 1.807) is 18.2 Å². The standard InChI is InChI=1S/C23H14Cl5F2N3O2/c24-10-3-9(4-11(25)5-10)18-19(23(18,27)28)22(35)32-13-1-2-15(26)14(8-13)21(34)33-20-16(30)6-12(29)7-17(20)31/h1-8,18-19H,31H2,(H,32,35)(H,33,34)/t18-,19+/m0/s1. The second-order valence-corrected chi connectivity index (χ2v) is 10.5. The molecule has 1 aliphatic carbocycles. The van der Waals surface area contributed by atoms with E-state index in [1.807, 2.05) is 0 Å². The van der Waals surface area contributed by atoms with E-state index in [0.717, 1.165) is 6.07 Å². The number of hydrogen-bond acceptors (Lipinski definition) is 3. The van der Waals surface area contributed by atoms with Crippen molar-refractivity contribution in [3.63, 3.8) is 0 Å². The smallest absolute Gasteiger partial charge is 0.257 e. The zero-order valence-electron chi connectivity index (χ0n) is 17.3. The highest BCUT2D eigenvalue weighted by atomic mass is 35.5. The molecule has 4 rings (SSSR count). The van der Waals surface area contributed by atoms with Gasteiger partial charge in [0.2, 0.25) is 5.91 Å². The van der Waals surface area contributed by atoms with Gasteiger partial charge in [-0.05, 0) is 48.0 Å². The van der Waals surface area contributed by atoms with E-state index in [0.29, 0.717) is 21.7 Å². The fourth-order valence-electron chi connectivity index (χ4n) is 3.73. The molecule has 0 heterocycles. The minimum atomic E-state index is -1.40. The van der Waals surface area contributed by atoms with E-state index >= 15 is 0 Å². The second kappa shape index (κ2) is 9.64. The van der Waals surface area contributed by atoms with Gasteiger partial charge in [-0.15, -0.1) is 23.2 Å². The Kier molecular flexibility index (Phi) is 7.10. The number of halogens is 7. The number of alkyl halides is 2. The molecule has 0 aliphatic heterocycles. The number of rotatable bonds is 5. The third-order valence-corrected chi connectivity index (χ3v) is 7.09. The highest BCUT2D eigenvalue weighted by molar-refractivity contribution is 6.53. The Morgan fingerprint density at radius 2 is 1.57 bits per heavy atom. The van der Waals surface area contributed by atoms with Gasteiger partial charge in [0.15, 0.2) is 5.82 Å². The van der Waals surface area contributed by atoms with Crippen molar-refractivity contribution in [3.05, 3.63) is 86.4 Å². The van der Waals surface area contributed by atoms with Crippen LogP contribution >= 0.6 is 58.0 Å². The molecule has 1 fully saturated rings. The van der Waals surface area contributed by atoms with Gasteiger partial charge in [0.05, 0.1) is 22.2 Å². The normalized spacial score (nSPS) is 18.1. The molecule has 5 nitrogen and oxygen atoms in total. The molecule has 1 saturated carbocycles. The zero-order chi connectivity index (χ0) is 25.7. The molecule has 2 atom stereocenters. The third kappa shape index (κ3) is 5.29. The summed E-state index contributed by atoms with van der Waals surface area (Å²) in [5.74, 6) is -4.70. The van der Waals surface area contributed by atoms with E-state index < -0.39 is 45.3 Å². The fourth-order valence-corrected chi connectivity index (χ4v) is 5.30. The second-order valence-electron chi connectivity index (χ2n) is 7.82. The number of carbonyl (C=O) groups excluding carboxylic acids is 2. The van der Waals surface area contributed by atoms with E-state index in [1.165, 1.54) is 18.2 Å². The lowest BCUT2D eigenvalue weighted by molar-refractivity contribution is -0.117. The molecular weight excluding hydrogens is 566 g/mol. The monoisotopic (exact) mass is 577 g/mol. The molecule has 12 heteroatoms. The number of hydrogen-bond donors (Lipinski definition) is 3. The van der Waals surface area contributed by atoms with E-state index in [-0.39, 0.29) is 22.0 Å². The Hall–Kier alpha value is -2.29. The Morgan fingerprint density at radius 1 is 0.914 bits per heavy atom. The first-order valence-corrected chi connectivity index (χ1v) is 11.8. The van der Waals surface area contributed by atoms with Crippen molar-refractivity contribution in [1.29, 1.82) is 0 Å². The Labute approximate surface area is 223 Å². The summed E-state index contributed by atoms with van der Waals surface area (Å²) in [5, 5.41) is 5.66. The Morgan fingerprint density at radius 3 is 2.20 bits per heavy atom. The maximum absolute atomic E-state index is 14.1. The van der Waals surface area contributed by atoms with Gasteiger partial charge in [0.25, 0.3) is 5.91 Å². The van der Waals surface area contributed by atoms with Crippen molar-refractivity contribution in [1.82, 2.24) is 0 Å². The van der Waals surface area contributed by atoms with Crippen LogP contribution in [0.4, 0.5) is 25.8 Å². The molecule has 4 N–H and O–H groups in total. The molecule has 0 aromatic heterocycles. The number of nitrogen functional groups attached to an aromatic ring is 1. The molecule has 2 amide bonds. The van der Waals surface area contributed by atoms with Crippen LogP contribution in [0.3, 0.4) is 0 Å². The van der Waals surface area contributed by atoms with Crippen molar-refractivity contribution >= 4 is 86.9 Å². The lowest BCUT2D eigenvalue weighted by atomic mass is 10.1. The largest absolute Gasteiger partial charge is 0.397 e. The SMILES string of the molecule is Nc1cc(F)cc(F)c1NC(=O)c1cc(NC(=O)[C@H]2[C@H](c3cc(Cl)cc(Cl)c3)C2(Cl)Cl)ccc1Cl. The molecule has 0 spiro atoms. The number of carbonyl (C=O) groups is 2. The third-order valence-electron chi connectivity index (χ3n) is 5.38. The van der Waals surface area contributed by atoms with Gasteiger partial charge in [0.1, 0.15) is 15.8 Å². The van der Waals surface area contributed by atoms with Crippen LogP contribution < -0.4 is 16.4 Å². The van der Waals surface area contributed by atoms with Gasteiger partial charge >= 0.3 is 0 Å². The van der Waals surface area contributed by atoms with E-state index in [4.69, 9.17) is 63.7 Å². The maximum atomic E-state index is 14.1.